The van der Waals surface area contributed by atoms with Crippen molar-refractivity contribution in [3.05, 3.63) is 72.4 Å². The number of H-pyrrole nitrogens is 1. The molecule has 1 aromatic carbocycles. The Labute approximate surface area is 216 Å². The van der Waals surface area contributed by atoms with Crippen LogP contribution < -0.4 is 5.73 Å². The standard InChI is InChI=1S/C28H33N7O2/c1-28(2,3)37-27(36)34-11-9-23(10-12-34)35-18-21(16-32-35)20-14-24(25(29)30-15-20)26-31-17-22(33-26)13-19-7-5-4-6-8-19/h4-8,14-18,23H,9-13H2,1-3H3,(H2,29,30)(H,31,33). The van der Waals surface area contributed by atoms with E-state index < -0.39 is 5.60 Å². The van der Waals surface area contributed by atoms with Crippen molar-refractivity contribution in [1.82, 2.24) is 29.6 Å². The van der Waals surface area contributed by atoms with Gasteiger partial charge in [0.25, 0.3) is 0 Å². The molecule has 0 saturated carbocycles. The molecule has 0 spiro atoms. The summed E-state index contributed by atoms with van der Waals surface area (Å²) >= 11 is 0. The van der Waals surface area contributed by atoms with Crippen LogP contribution in [0.3, 0.4) is 0 Å². The number of hydrogen-bond acceptors (Lipinski definition) is 6. The maximum absolute atomic E-state index is 12.4. The van der Waals surface area contributed by atoms with Crippen LogP contribution in [-0.4, -0.2) is 54.4 Å². The summed E-state index contributed by atoms with van der Waals surface area (Å²) in [4.78, 5) is 26.5. The molecule has 4 aromatic rings. The van der Waals surface area contributed by atoms with Crippen molar-refractivity contribution < 1.29 is 9.53 Å². The average Bonchev–Trinajstić information content (AvgIpc) is 3.54. The fourth-order valence-electron chi connectivity index (χ4n) is 4.55. The number of imidazole rings is 1. The molecule has 9 heteroatoms. The molecule has 0 aliphatic carbocycles. The predicted molar refractivity (Wildman–Crippen MR) is 143 cm³/mol. The average molecular weight is 500 g/mol. The Balaban J connectivity index is 1.27. The quantitative estimate of drug-likeness (QED) is 0.396. The van der Waals surface area contributed by atoms with Gasteiger partial charge in [0.2, 0.25) is 0 Å². The molecule has 5 rings (SSSR count). The van der Waals surface area contributed by atoms with Crippen LogP contribution in [0.2, 0.25) is 0 Å². The normalized spacial score (nSPS) is 14.6. The summed E-state index contributed by atoms with van der Waals surface area (Å²) in [5, 5.41) is 4.62. The van der Waals surface area contributed by atoms with Crippen LogP contribution in [-0.2, 0) is 11.2 Å². The lowest BCUT2D eigenvalue weighted by atomic mass is 10.1. The molecule has 0 atom stereocenters. The van der Waals surface area contributed by atoms with E-state index in [9.17, 15) is 4.79 Å². The monoisotopic (exact) mass is 499 g/mol. The van der Waals surface area contributed by atoms with Gasteiger partial charge in [-0.25, -0.2) is 14.8 Å². The van der Waals surface area contributed by atoms with Gasteiger partial charge in [-0.3, -0.25) is 4.68 Å². The lowest BCUT2D eigenvalue weighted by molar-refractivity contribution is 0.0185. The van der Waals surface area contributed by atoms with Gasteiger partial charge in [0, 0.05) is 54.9 Å². The summed E-state index contributed by atoms with van der Waals surface area (Å²) in [7, 11) is 0. The van der Waals surface area contributed by atoms with E-state index in [-0.39, 0.29) is 12.1 Å². The number of nitrogens with one attached hydrogen (secondary N) is 1. The predicted octanol–water partition coefficient (Wildman–Crippen LogP) is 5.08. The molecule has 37 heavy (non-hydrogen) atoms. The number of benzene rings is 1. The van der Waals surface area contributed by atoms with Gasteiger partial charge < -0.3 is 20.4 Å². The maximum atomic E-state index is 12.4. The number of nitrogens with two attached hydrogens (primary N) is 1. The highest BCUT2D eigenvalue weighted by molar-refractivity contribution is 5.75. The summed E-state index contributed by atoms with van der Waals surface area (Å²) in [5.41, 5.74) is 10.6. The topological polar surface area (TPSA) is 115 Å². The Hall–Kier alpha value is -4.14. The van der Waals surface area contributed by atoms with E-state index in [2.05, 4.69) is 32.2 Å². The third kappa shape index (κ3) is 5.82. The number of amides is 1. The number of nitrogens with zero attached hydrogens (tertiary/aromatic N) is 5. The van der Waals surface area contributed by atoms with Crippen LogP contribution in [0.5, 0.6) is 0 Å². The van der Waals surface area contributed by atoms with E-state index >= 15 is 0 Å². The number of aromatic amines is 1. The summed E-state index contributed by atoms with van der Waals surface area (Å²) in [6.07, 6.45) is 9.64. The number of pyridine rings is 1. The van der Waals surface area contributed by atoms with Gasteiger partial charge in [0.05, 0.1) is 17.8 Å². The van der Waals surface area contributed by atoms with Crippen molar-refractivity contribution in [2.45, 2.75) is 51.7 Å². The van der Waals surface area contributed by atoms with Crippen molar-refractivity contribution in [1.29, 1.82) is 0 Å². The van der Waals surface area contributed by atoms with Gasteiger partial charge in [0.1, 0.15) is 17.2 Å². The Morgan fingerprint density at radius 3 is 2.57 bits per heavy atom. The number of rotatable bonds is 5. The summed E-state index contributed by atoms with van der Waals surface area (Å²) in [5.74, 6) is 1.12. The third-order valence-electron chi connectivity index (χ3n) is 6.46. The molecule has 1 aliphatic rings. The van der Waals surface area contributed by atoms with E-state index in [0.29, 0.717) is 24.7 Å². The highest BCUT2D eigenvalue weighted by Gasteiger charge is 2.28. The summed E-state index contributed by atoms with van der Waals surface area (Å²) < 4.78 is 7.50. The molecule has 3 aromatic heterocycles. The van der Waals surface area contributed by atoms with E-state index in [1.165, 1.54) is 5.56 Å². The largest absolute Gasteiger partial charge is 0.444 e. The molecule has 192 valence electrons. The minimum atomic E-state index is -0.490. The molecule has 1 saturated heterocycles. The van der Waals surface area contributed by atoms with Gasteiger partial charge in [-0.05, 0) is 45.2 Å². The van der Waals surface area contributed by atoms with Crippen LogP contribution in [0.4, 0.5) is 10.6 Å². The second kappa shape index (κ2) is 10.1. The highest BCUT2D eigenvalue weighted by atomic mass is 16.6. The van der Waals surface area contributed by atoms with E-state index in [4.69, 9.17) is 10.5 Å². The minimum Gasteiger partial charge on any atom is -0.444 e. The first kappa shape index (κ1) is 24.5. The SMILES string of the molecule is CC(C)(C)OC(=O)N1CCC(n2cc(-c3cnc(N)c(-c4ncc(Cc5ccccc5)[nH]4)c3)cn2)CC1. The first-order valence-electron chi connectivity index (χ1n) is 12.6. The fraction of sp³-hybridized carbons (Fsp3) is 0.357. The van der Waals surface area contributed by atoms with Crippen molar-refractivity contribution in [3.63, 3.8) is 0 Å². The Morgan fingerprint density at radius 1 is 1.08 bits per heavy atom. The van der Waals surface area contributed by atoms with E-state index in [0.717, 1.165) is 41.6 Å². The number of likely N-dealkylation sites (tertiary alicyclic amines) is 1. The zero-order chi connectivity index (χ0) is 26.0. The number of nitrogen functional groups attached to an aromatic ring is 1. The van der Waals surface area contributed by atoms with Crippen LogP contribution in [0.1, 0.15) is 50.9 Å². The second-order valence-electron chi connectivity index (χ2n) is 10.5. The van der Waals surface area contributed by atoms with Crippen molar-refractivity contribution in [2.75, 3.05) is 18.8 Å². The first-order valence-corrected chi connectivity index (χ1v) is 12.6. The maximum Gasteiger partial charge on any atom is 0.410 e. The molecule has 0 unspecified atom stereocenters. The Kier molecular flexibility index (Phi) is 6.69. The summed E-state index contributed by atoms with van der Waals surface area (Å²) in [6.45, 7) is 6.94. The van der Waals surface area contributed by atoms with E-state index in [1.807, 2.05) is 68.3 Å². The fourth-order valence-corrected chi connectivity index (χ4v) is 4.55. The van der Waals surface area contributed by atoms with Gasteiger partial charge in [-0.1, -0.05) is 30.3 Å². The lowest BCUT2D eigenvalue weighted by Gasteiger charge is -2.33. The molecule has 4 heterocycles. The number of anilines is 1. The van der Waals surface area contributed by atoms with Gasteiger partial charge in [0.15, 0.2) is 0 Å². The number of carbonyl (C=O) groups is 1. The second-order valence-corrected chi connectivity index (χ2v) is 10.5. The molecule has 0 radical (unpaired) electrons. The number of carbonyl (C=O) groups excluding carboxylic acids is 1. The Bertz CT molecular complexity index is 1360. The van der Waals surface area contributed by atoms with Crippen molar-refractivity contribution in [2.24, 2.45) is 0 Å². The molecular formula is C28H33N7O2. The summed E-state index contributed by atoms with van der Waals surface area (Å²) in [6, 6.07) is 12.5. The molecular weight excluding hydrogens is 466 g/mol. The molecule has 3 N–H and O–H groups in total. The van der Waals surface area contributed by atoms with Crippen LogP contribution in [0, 0.1) is 0 Å². The number of ether oxygens (including phenoxy) is 1. The smallest absolute Gasteiger partial charge is 0.410 e. The lowest BCUT2D eigenvalue weighted by Crippen LogP contribution is -2.42. The number of aromatic nitrogens is 5. The zero-order valence-electron chi connectivity index (χ0n) is 21.5. The zero-order valence-corrected chi connectivity index (χ0v) is 21.5. The van der Waals surface area contributed by atoms with Crippen LogP contribution >= 0.6 is 0 Å². The van der Waals surface area contributed by atoms with Crippen molar-refractivity contribution in [3.8, 4) is 22.5 Å². The Morgan fingerprint density at radius 2 is 1.84 bits per heavy atom. The molecule has 1 amide bonds. The van der Waals surface area contributed by atoms with Gasteiger partial charge >= 0.3 is 6.09 Å². The number of piperidine rings is 1. The van der Waals surface area contributed by atoms with Gasteiger partial charge in [-0.15, -0.1) is 0 Å². The number of hydrogen-bond donors (Lipinski definition) is 2. The molecule has 1 aliphatic heterocycles. The molecule has 9 nitrogen and oxygen atoms in total. The van der Waals surface area contributed by atoms with E-state index in [1.54, 1.807) is 11.1 Å². The minimum absolute atomic E-state index is 0.222. The van der Waals surface area contributed by atoms with Crippen LogP contribution in [0.15, 0.2) is 61.2 Å². The van der Waals surface area contributed by atoms with Crippen LogP contribution in [0.25, 0.3) is 22.5 Å². The van der Waals surface area contributed by atoms with Crippen molar-refractivity contribution >= 4 is 11.9 Å². The first-order chi connectivity index (χ1) is 17.7. The molecule has 1 fully saturated rings. The molecule has 0 bridgehead atoms. The van der Waals surface area contributed by atoms with Gasteiger partial charge in [-0.2, -0.15) is 5.10 Å². The highest BCUT2D eigenvalue weighted by Crippen LogP contribution is 2.30. The third-order valence-corrected chi connectivity index (χ3v) is 6.46.